The third kappa shape index (κ3) is 4.11. The molecule has 0 radical (unpaired) electrons. The molecule has 0 aliphatic heterocycles. The van der Waals surface area contributed by atoms with Gasteiger partial charge in [0, 0.05) is 6.04 Å². The average Bonchev–Trinajstić information content (AvgIpc) is 2.27. The summed E-state index contributed by atoms with van der Waals surface area (Å²) in [7, 11) is -3.41. The molecule has 5 heteroatoms. The summed E-state index contributed by atoms with van der Waals surface area (Å²) in [4.78, 5) is 0. The van der Waals surface area contributed by atoms with Crippen LogP contribution in [-0.4, -0.2) is 25.9 Å². The lowest BCUT2D eigenvalue weighted by molar-refractivity contribution is 0.318. The molecule has 96 valence electrons. The first-order chi connectivity index (χ1) is 8.00. The molecule has 0 bridgehead atoms. The van der Waals surface area contributed by atoms with Crippen LogP contribution in [0.4, 0.5) is 0 Å². The van der Waals surface area contributed by atoms with E-state index in [0.29, 0.717) is 6.42 Å². The maximum atomic E-state index is 11.6. The van der Waals surface area contributed by atoms with Gasteiger partial charge >= 0.3 is 0 Å². The Labute approximate surface area is 103 Å². The molecule has 17 heavy (non-hydrogen) atoms. The molecule has 4 nitrogen and oxygen atoms in total. The first kappa shape index (κ1) is 14.2. The predicted molar refractivity (Wildman–Crippen MR) is 68.2 cm³/mol. The molecular formula is C12H19NO3S. The number of hydrogen-bond donors (Lipinski definition) is 2. The van der Waals surface area contributed by atoms with Gasteiger partial charge in [0.15, 0.2) is 0 Å². The van der Waals surface area contributed by atoms with Gasteiger partial charge in [0.25, 0.3) is 0 Å². The summed E-state index contributed by atoms with van der Waals surface area (Å²) in [5, 5.41) is 8.69. The molecule has 2 N–H and O–H groups in total. The van der Waals surface area contributed by atoms with Crippen LogP contribution in [0.2, 0.25) is 0 Å². The van der Waals surface area contributed by atoms with Gasteiger partial charge in [0.05, 0.1) is 12.4 Å². The summed E-state index contributed by atoms with van der Waals surface area (Å²) in [6.45, 7) is 3.52. The normalized spacial score (nSPS) is 13.6. The second-order valence-corrected chi connectivity index (χ2v) is 5.85. The van der Waals surface area contributed by atoms with Crippen LogP contribution in [0.5, 0.6) is 0 Å². The van der Waals surface area contributed by atoms with Crippen LogP contribution in [0, 0.1) is 6.92 Å². The fourth-order valence-corrected chi connectivity index (χ4v) is 2.83. The van der Waals surface area contributed by atoms with Gasteiger partial charge in [-0.25, -0.2) is 13.1 Å². The van der Waals surface area contributed by atoms with Crippen molar-refractivity contribution in [3.8, 4) is 0 Å². The first-order valence-corrected chi connectivity index (χ1v) is 7.31. The van der Waals surface area contributed by atoms with E-state index in [9.17, 15) is 8.42 Å². The maximum absolute atomic E-state index is 11.6. The predicted octanol–water partition coefficient (Wildman–Crippen LogP) is 1.36. The molecule has 1 unspecified atom stereocenters. The Morgan fingerprint density at radius 3 is 2.53 bits per heavy atom. The van der Waals surface area contributed by atoms with Crippen molar-refractivity contribution in [1.29, 1.82) is 0 Å². The Morgan fingerprint density at radius 2 is 2.00 bits per heavy atom. The van der Waals surface area contributed by atoms with E-state index < -0.39 is 10.0 Å². The van der Waals surface area contributed by atoms with E-state index in [2.05, 4.69) is 4.72 Å². The number of rotatable bonds is 6. The van der Waals surface area contributed by atoms with E-state index in [1.54, 1.807) is 0 Å². The van der Waals surface area contributed by atoms with E-state index in [1.165, 1.54) is 0 Å². The van der Waals surface area contributed by atoms with E-state index in [-0.39, 0.29) is 18.4 Å². The van der Waals surface area contributed by atoms with Gasteiger partial charge in [-0.1, -0.05) is 31.2 Å². The molecule has 0 amide bonds. The molecular weight excluding hydrogens is 238 g/mol. The third-order valence-corrected chi connectivity index (χ3v) is 4.02. The monoisotopic (exact) mass is 257 g/mol. The standard InChI is InChI=1S/C12H19NO3S/c1-3-12(13-17(15,16)9-8-14)11-7-5-4-6-10(11)2/h4-7,12-14H,3,8-9H2,1-2H3. The van der Waals surface area contributed by atoms with E-state index in [1.807, 2.05) is 38.1 Å². The zero-order valence-electron chi connectivity index (χ0n) is 10.2. The molecule has 0 saturated heterocycles. The lowest BCUT2D eigenvalue weighted by atomic mass is 10.0. The summed E-state index contributed by atoms with van der Waals surface area (Å²) in [6, 6.07) is 7.47. The van der Waals surface area contributed by atoms with Crippen molar-refractivity contribution in [2.24, 2.45) is 0 Å². The summed E-state index contributed by atoms with van der Waals surface area (Å²) in [6.07, 6.45) is 0.676. The zero-order valence-corrected chi connectivity index (χ0v) is 11.0. The van der Waals surface area contributed by atoms with Crippen molar-refractivity contribution < 1.29 is 13.5 Å². The van der Waals surface area contributed by atoms with Crippen LogP contribution in [0.15, 0.2) is 24.3 Å². The smallest absolute Gasteiger partial charge is 0.214 e. The molecule has 0 spiro atoms. The van der Waals surface area contributed by atoms with Gasteiger partial charge in [-0.15, -0.1) is 0 Å². The molecule has 0 fully saturated rings. The van der Waals surface area contributed by atoms with Gasteiger partial charge in [-0.2, -0.15) is 0 Å². The lowest BCUT2D eigenvalue weighted by Gasteiger charge is -2.19. The summed E-state index contributed by atoms with van der Waals surface area (Å²) < 4.78 is 25.8. The summed E-state index contributed by atoms with van der Waals surface area (Å²) in [5.74, 6) is -0.255. The second-order valence-electron chi connectivity index (χ2n) is 3.98. The Kier molecular flexibility index (Phi) is 5.11. The molecule has 0 saturated carbocycles. The van der Waals surface area contributed by atoms with E-state index in [4.69, 9.17) is 5.11 Å². The average molecular weight is 257 g/mol. The van der Waals surface area contributed by atoms with Crippen LogP contribution < -0.4 is 4.72 Å². The van der Waals surface area contributed by atoms with Crippen molar-refractivity contribution in [2.45, 2.75) is 26.3 Å². The summed E-state index contributed by atoms with van der Waals surface area (Å²) >= 11 is 0. The molecule has 1 atom stereocenters. The van der Waals surface area contributed by atoms with Gasteiger partial charge in [-0.05, 0) is 24.5 Å². The molecule has 1 aromatic rings. The second kappa shape index (κ2) is 6.14. The fourth-order valence-electron chi connectivity index (χ4n) is 1.74. The lowest BCUT2D eigenvalue weighted by Crippen LogP contribution is -2.31. The SMILES string of the molecule is CCC(NS(=O)(=O)CCO)c1ccccc1C. The number of nitrogens with one attached hydrogen (secondary N) is 1. The van der Waals surface area contributed by atoms with E-state index in [0.717, 1.165) is 11.1 Å². The Hall–Kier alpha value is -0.910. The third-order valence-electron chi connectivity index (χ3n) is 2.65. The van der Waals surface area contributed by atoms with E-state index >= 15 is 0 Å². The van der Waals surface area contributed by atoms with Crippen LogP contribution >= 0.6 is 0 Å². The van der Waals surface area contributed by atoms with Crippen molar-refractivity contribution in [3.63, 3.8) is 0 Å². The number of benzene rings is 1. The van der Waals surface area contributed by atoms with Crippen molar-refractivity contribution >= 4 is 10.0 Å². The fraction of sp³-hybridized carbons (Fsp3) is 0.500. The topological polar surface area (TPSA) is 66.4 Å². The first-order valence-electron chi connectivity index (χ1n) is 5.66. The largest absolute Gasteiger partial charge is 0.395 e. The van der Waals surface area contributed by atoms with Crippen molar-refractivity contribution in [1.82, 2.24) is 4.72 Å². The number of aliphatic hydroxyl groups is 1. The molecule has 1 rings (SSSR count). The minimum atomic E-state index is -3.41. The van der Waals surface area contributed by atoms with Gasteiger partial charge < -0.3 is 5.11 Å². The highest BCUT2D eigenvalue weighted by Gasteiger charge is 2.18. The molecule has 0 aliphatic rings. The van der Waals surface area contributed by atoms with Crippen LogP contribution in [0.25, 0.3) is 0 Å². The Morgan fingerprint density at radius 1 is 1.35 bits per heavy atom. The van der Waals surface area contributed by atoms with Gasteiger partial charge in [0.2, 0.25) is 10.0 Å². The van der Waals surface area contributed by atoms with Crippen molar-refractivity contribution in [3.05, 3.63) is 35.4 Å². The van der Waals surface area contributed by atoms with Gasteiger partial charge in [0.1, 0.15) is 0 Å². The highest BCUT2D eigenvalue weighted by molar-refractivity contribution is 7.89. The maximum Gasteiger partial charge on any atom is 0.214 e. The number of hydrogen-bond acceptors (Lipinski definition) is 3. The molecule has 0 aliphatic carbocycles. The highest BCUT2D eigenvalue weighted by Crippen LogP contribution is 2.21. The zero-order chi connectivity index (χ0) is 12.9. The summed E-state index contributed by atoms with van der Waals surface area (Å²) in [5.41, 5.74) is 2.04. The Bertz CT molecular complexity index is 457. The molecule has 0 heterocycles. The number of aryl methyl sites for hydroxylation is 1. The number of sulfonamides is 1. The highest BCUT2D eigenvalue weighted by atomic mass is 32.2. The van der Waals surface area contributed by atoms with Crippen LogP contribution in [0.1, 0.15) is 30.5 Å². The Balaban J connectivity index is 2.91. The molecule has 0 aromatic heterocycles. The van der Waals surface area contributed by atoms with Crippen LogP contribution in [-0.2, 0) is 10.0 Å². The van der Waals surface area contributed by atoms with Crippen LogP contribution in [0.3, 0.4) is 0 Å². The minimum absolute atomic E-state index is 0.229. The van der Waals surface area contributed by atoms with Crippen molar-refractivity contribution in [2.75, 3.05) is 12.4 Å². The quantitative estimate of drug-likeness (QED) is 0.808. The van der Waals surface area contributed by atoms with Gasteiger partial charge in [-0.3, -0.25) is 0 Å². The number of aliphatic hydroxyl groups excluding tert-OH is 1. The molecule has 1 aromatic carbocycles. The minimum Gasteiger partial charge on any atom is -0.395 e.